The minimum atomic E-state index is 0.112. The molecule has 0 saturated heterocycles. The Morgan fingerprint density at radius 3 is 2.74 bits per heavy atom. The molecule has 1 aromatic heterocycles. The van der Waals surface area contributed by atoms with Crippen LogP contribution in [0.1, 0.15) is 26.3 Å². The van der Waals surface area contributed by atoms with Gasteiger partial charge in [0.05, 0.1) is 5.02 Å². The van der Waals surface area contributed by atoms with Crippen LogP contribution in [-0.4, -0.2) is 10.5 Å². The first-order valence-corrected chi connectivity index (χ1v) is 8.12. The summed E-state index contributed by atoms with van der Waals surface area (Å²) in [5, 5.41) is 6.21. The van der Waals surface area contributed by atoms with Crippen molar-refractivity contribution in [3.63, 3.8) is 0 Å². The van der Waals surface area contributed by atoms with E-state index in [0.29, 0.717) is 0 Å². The number of rotatable bonds is 4. The van der Waals surface area contributed by atoms with Gasteiger partial charge in [-0.3, -0.25) is 0 Å². The van der Waals surface area contributed by atoms with Gasteiger partial charge in [-0.05, 0) is 38.5 Å². The summed E-state index contributed by atoms with van der Waals surface area (Å²) in [5.74, 6) is 0. The topological polar surface area (TPSA) is 24.9 Å². The van der Waals surface area contributed by atoms with Crippen LogP contribution in [0.4, 0.5) is 0 Å². The van der Waals surface area contributed by atoms with E-state index >= 15 is 0 Å². The van der Waals surface area contributed by atoms with E-state index in [4.69, 9.17) is 11.6 Å². The normalized spacial score (nSPS) is 11.8. The van der Waals surface area contributed by atoms with E-state index in [-0.39, 0.29) is 5.54 Å². The Bertz CT molecular complexity index is 533. The fourth-order valence-corrected chi connectivity index (χ4v) is 3.36. The molecule has 2 aromatic rings. The summed E-state index contributed by atoms with van der Waals surface area (Å²) in [5.41, 5.74) is 1.31. The van der Waals surface area contributed by atoms with Gasteiger partial charge in [-0.25, -0.2) is 4.98 Å². The van der Waals surface area contributed by atoms with E-state index in [1.54, 1.807) is 23.1 Å². The number of aromatic nitrogens is 1. The largest absolute Gasteiger partial charge is 0.308 e. The second-order valence-electron chi connectivity index (χ2n) is 5.27. The zero-order valence-corrected chi connectivity index (χ0v) is 13.6. The Kier molecular flexibility index (Phi) is 4.90. The van der Waals surface area contributed by atoms with Crippen LogP contribution >= 0.6 is 34.7 Å². The molecule has 1 aromatic carbocycles. The first-order valence-electron chi connectivity index (χ1n) is 6.05. The van der Waals surface area contributed by atoms with Crippen molar-refractivity contribution in [3.05, 3.63) is 40.4 Å². The molecule has 0 aliphatic heterocycles. The third-order valence-corrected chi connectivity index (χ3v) is 4.81. The molecule has 0 atom stereocenters. The highest BCUT2D eigenvalue weighted by Crippen LogP contribution is 2.34. The van der Waals surface area contributed by atoms with Crippen LogP contribution in [0.25, 0.3) is 0 Å². The van der Waals surface area contributed by atoms with Gasteiger partial charge in [0.15, 0.2) is 4.34 Å². The molecule has 0 saturated carbocycles. The Balaban J connectivity index is 2.05. The van der Waals surface area contributed by atoms with Gasteiger partial charge in [0.25, 0.3) is 0 Å². The second kappa shape index (κ2) is 6.27. The van der Waals surface area contributed by atoms with Crippen LogP contribution < -0.4 is 5.32 Å². The number of halogens is 1. The van der Waals surface area contributed by atoms with Crippen LogP contribution in [0.2, 0.25) is 5.02 Å². The monoisotopic (exact) mass is 312 g/mol. The molecule has 0 bridgehead atoms. The van der Waals surface area contributed by atoms with Gasteiger partial charge in [-0.15, -0.1) is 11.3 Å². The standard InChI is InChI=1S/C14H17ClN2S2/c1-14(2,3)17-9-10-4-5-12(11(15)8-10)19-13-16-6-7-18-13/h4-8,17H,9H2,1-3H3. The maximum absolute atomic E-state index is 6.32. The van der Waals surface area contributed by atoms with Gasteiger partial charge in [0.2, 0.25) is 0 Å². The molecule has 0 spiro atoms. The van der Waals surface area contributed by atoms with Gasteiger partial charge >= 0.3 is 0 Å². The first kappa shape index (κ1) is 14.9. The molecule has 102 valence electrons. The summed E-state index contributed by atoms with van der Waals surface area (Å²) in [4.78, 5) is 5.31. The van der Waals surface area contributed by atoms with E-state index in [1.165, 1.54) is 5.56 Å². The van der Waals surface area contributed by atoms with Crippen molar-refractivity contribution in [1.29, 1.82) is 0 Å². The van der Waals surface area contributed by atoms with Crippen LogP contribution in [0.15, 0.2) is 39.0 Å². The van der Waals surface area contributed by atoms with Gasteiger partial charge in [0, 0.05) is 28.6 Å². The quantitative estimate of drug-likeness (QED) is 0.874. The van der Waals surface area contributed by atoms with Crippen molar-refractivity contribution in [3.8, 4) is 0 Å². The zero-order chi connectivity index (χ0) is 13.9. The Hall–Kier alpha value is -0.550. The van der Waals surface area contributed by atoms with Crippen LogP contribution in [-0.2, 0) is 6.54 Å². The molecular formula is C14H17ClN2S2. The Morgan fingerprint density at radius 1 is 1.37 bits per heavy atom. The van der Waals surface area contributed by atoms with E-state index < -0.39 is 0 Å². The maximum Gasteiger partial charge on any atom is 0.154 e. The lowest BCUT2D eigenvalue weighted by Gasteiger charge is -2.20. The number of hydrogen-bond donors (Lipinski definition) is 1. The minimum Gasteiger partial charge on any atom is -0.308 e. The third kappa shape index (κ3) is 4.80. The minimum absolute atomic E-state index is 0.112. The summed E-state index contributed by atoms with van der Waals surface area (Å²) in [6.07, 6.45) is 1.81. The lowest BCUT2D eigenvalue weighted by molar-refractivity contribution is 0.424. The number of nitrogens with one attached hydrogen (secondary N) is 1. The highest BCUT2D eigenvalue weighted by atomic mass is 35.5. The van der Waals surface area contributed by atoms with Gasteiger partial charge in [0.1, 0.15) is 0 Å². The molecule has 0 fully saturated rings. The molecule has 0 unspecified atom stereocenters. The van der Waals surface area contributed by atoms with E-state index in [2.05, 4.69) is 43.2 Å². The molecule has 0 aliphatic carbocycles. The highest BCUT2D eigenvalue weighted by molar-refractivity contribution is 8.01. The van der Waals surface area contributed by atoms with Crippen molar-refractivity contribution in [2.75, 3.05) is 0 Å². The molecule has 1 heterocycles. The predicted molar refractivity (Wildman–Crippen MR) is 84.3 cm³/mol. The molecule has 2 nitrogen and oxygen atoms in total. The van der Waals surface area contributed by atoms with Crippen molar-refractivity contribution in [1.82, 2.24) is 10.3 Å². The highest BCUT2D eigenvalue weighted by Gasteiger charge is 2.10. The zero-order valence-electron chi connectivity index (χ0n) is 11.2. The first-order chi connectivity index (χ1) is 8.94. The van der Waals surface area contributed by atoms with Crippen LogP contribution in [0.3, 0.4) is 0 Å². The molecular weight excluding hydrogens is 296 g/mol. The fourth-order valence-electron chi connectivity index (χ4n) is 1.46. The lowest BCUT2D eigenvalue weighted by Crippen LogP contribution is -2.35. The van der Waals surface area contributed by atoms with E-state index in [0.717, 1.165) is 20.8 Å². The molecule has 0 radical (unpaired) electrons. The Labute approximate surface area is 127 Å². The lowest BCUT2D eigenvalue weighted by atomic mass is 10.1. The molecule has 19 heavy (non-hydrogen) atoms. The number of benzene rings is 1. The molecule has 1 N–H and O–H groups in total. The predicted octanol–water partition coefficient (Wildman–Crippen LogP) is 4.84. The third-order valence-electron chi connectivity index (χ3n) is 2.43. The molecule has 0 aliphatic rings. The number of nitrogens with zero attached hydrogens (tertiary/aromatic N) is 1. The van der Waals surface area contributed by atoms with Crippen LogP contribution in [0, 0.1) is 0 Å². The second-order valence-corrected chi connectivity index (χ2v) is 7.86. The Morgan fingerprint density at radius 2 is 2.16 bits per heavy atom. The van der Waals surface area contributed by atoms with Gasteiger partial charge in [-0.1, -0.05) is 29.4 Å². The summed E-state index contributed by atoms with van der Waals surface area (Å²) in [7, 11) is 0. The molecule has 0 amide bonds. The summed E-state index contributed by atoms with van der Waals surface area (Å²) < 4.78 is 1.02. The van der Waals surface area contributed by atoms with E-state index in [1.807, 2.05) is 17.6 Å². The average molecular weight is 313 g/mol. The maximum atomic E-state index is 6.32. The van der Waals surface area contributed by atoms with E-state index in [9.17, 15) is 0 Å². The van der Waals surface area contributed by atoms with Gasteiger partial charge < -0.3 is 5.32 Å². The van der Waals surface area contributed by atoms with Crippen molar-refractivity contribution in [2.24, 2.45) is 0 Å². The van der Waals surface area contributed by atoms with Crippen molar-refractivity contribution < 1.29 is 0 Å². The van der Waals surface area contributed by atoms with Gasteiger partial charge in [-0.2, -0.15) is 0 Å². The number of hydrogen-bond acceptors (Lipinski definition) is 4. The molecule has 5 heteroatoms. The SMILES string of the molecule is CC(C)(C)NCc1ccc(Sc2nccs2)c(Cl)c1. The average Bonchev–Trinajstić information content (AvgIpc) is 2.81. The summed E-state index contributed by atoms with van der Waals surface area (Å²) >= 11 is 9.56. The fraction of sp³-hybridized carbons (Fsp3) is 0.357. The summed E-state index contributed by atoms with van der Waals surface area (Å²) in [6.45, 7) is 7.29. The van der Waals surface area contributed by atoms with Crippen molar-refractivity contribution >= 4 is 34.7 Å². The molecule has 2 rings (SSSR count). The summed E-state index contributed by atoms with van der Waals surface area (Å²) in [6, 6.07) is 6.20. The van der Waals surface area contributed by atoms with Crippen molar-refractivity contribution in [2.45, 2.75) is 42.1 Å². The van der Waals surface area contributed by atoms with Crippen LogP contribution in [0.5, 0.6) is 0 Å². The number of thiazole rings is 1. The smallest absolute Gasteiger partial charge is 0.154 e.